The van der Waals surface area contributed by atoms with Crippen molar-refractivity contribution in [1.29, 1.82) is 0 Å². The molecule has 0 heterocycles. The second kappa shape index (κ2) is 5.35. The zero-order valence-electron chi connectivity index (χ0n) is 7.53. The van der Waals surface area contributed by atoms with Crippen LogP contribution in [-0.2, 0) is 14.3 Å². The molecule has 0 fully saturated rings. The van der Waals surface area contributed by atoms with E-state index in [1.807, 2.05) is 0 Å². The highest BCUT2D eigenvalue weighted by Gasteiger charge is 1.99. The lowest BCUT2D eigenvalue weighted by atomic mass is 10.4. The number of hydrogen-bond acceptors (Lipinski definition) is 3. The Morgan fingerprint density at radius 1 is 1.33 bits per heavy atom. The molecule has 0 spiro atoms. The van der Waals surface area contributed by atoms with Crippen molar-refractivity contribution in [2.24, 2.45) is 0 Å². The van der Waals surface area contributed by atoms with E-state index < -0.39 is 5.97 Å². The third-order valence-electron chi connectivity index (χ3n) is 1.09. The monoisotopic (exact) mass is 171 g/mol. The fourth-order valence-corrected chi connectivity index (χ4v) is 0.479. The molecule has 12 heavy (non-hydrogen) atoms. The Labute approximate surface area is 71.8 Å². The molecule has 0 aromatic carbocycles. The van der Waals surface area contributed by atoms with Crippen molar-refractivity contribution in [3.8, 4) is 0 Å². The molecule has 0 aromatic heterocycles. The first-order chi connectivity index (χ1) is 5.57. The summed E-state index contributed by atoms with van der Waals surface area (Å²) in [6.45, 7) is 2.03. The Bertz CT molecular complexity index is 196. The first kappa shape index (κ1) is 10.7. The number of nitrogens with zero attached hydrogens (tertiary/aromatic N) is 1. The molecule has 0 bridgehead atoms. The van der Waals surface area contributed by atoms with Gasteiger partial charge in [-0.25, -0.2) is 4.79 Å². The average molecular weight is 171 g/mol. The minimum Gasteiger partial charge on any atom is -0.463 e. The van der Waals surface area contributed by atoms with Gasteiger partial charge >= 0.3 is 5.97 Å². The standard InChI is InChI=1S/C8H13NO3/c1-4-12-8(11)6-5-7(10)9(2)3/h5-6H,4H2,1-3H3. The van der Waals surface area contributed by atoms with E-state index in [0.717, 1.165) is 6.08 Å². The van der Waals surface area contributed by atoms with Gasteiger partial charge in [-0.1, -0.05) is 0 Å². The number of carbonyl (C=O) groups excluding carboxylic acids is 2. The van der Waals surface area contributed by atoms with Gasteiger partial charge in [-0.3, -0.25) is 4.79 Å². The van der Waals surface area contributed by atoms with Crippen molar-refractivity contribution in [2.75, 3.05) is 20.7 Å². The molecule has 0 aliphatic carbocycles. The van der Waals surface area contributed by atoms with Gasteiger partial charge in [0, 0.05) is 26.2 Å². The van der Waals surface area contributed by atoms with E-state index in [0.29, 0.717) is 6.61 Å². The topological polar surface area (TPSA) is 46.6 Å². The molecule has 0 unspecified atom stereocenters. The molecule has 0 saturated heterocycles. The smallest absolute Gasteiger partial charge is 0.330 e. The van der Waals surface area contributed by atoms with Crippen LogP contribution in [0.1, 0.15) is 6.92 Å². The van der Waals surface area contributed by atoms with Gasteiger partial charge in [-0.05, 0) is 6.92 Å². The molecule has 4 heteroatoms. The van der Waals surface area contributed by atoms with Crippen molar-refractivity contribution in [3.05, 3.63) is 12.2 Å². The van der Waals surface area contributed by atoms with Crippen LogP contribution in [0.2, 0.25) is 0 Å². The summed E-state index contributed by atoms with van der Waals surface area (Å²) in [4.78, 5) is 22.9. The Balaban J connectivity index is 3.90. The van der Waals surface area contributed by atoms with Crippen LogP contribution in [0.4, 0.5) is 0 Å². The van der Waals surface area contributed by atoms with E-state index in [1.165, 1.54) is 11.0 Å². The van der Waals surface area contributed by atoms with Crippen LogP contribution in [0, 0.1) is 0 Å². The molecule has 0 aliphatic rings. The lowest BCUT2D eigenvalue weighted by molar-refractivity contribution is -0.137. The molecule has 0 aromatic rings. The largest absolute Gasteiger partial charge is 0.463 e. The highest BCUT2D eigenvalue weighted by atomic mass is 16.5. The number of rotatable bonds is 3. The SMILES string of the molecule is CCOC(=O)C=CC(=O)N(C)C. The predicted octanol–water partition coefficient (Wildman–Crippen LogP) is 0.194. The number of carbonyl (C=O) groups is 2. The van der Waals surface area contributed by atoms with Crippen molar-refractivity contribution in [2.45, 2.75) is 6.92 Å². The van der Waals surface area contributed by atoms with Gasteiger partial charge < -0.3 is 9.64 Å². The van der Waals surface area contributed by atoms with Crippen LogP contribution >= 0.6 is 0 Å². The molecule has 0 aliphatic heterocycles. The highest BCUT2D eigenvalue weighted by Crippen LogP contribution is 1.84. The second-order valence-electron chi connectivity index (χ2n) is 2.32. The van der Waals surface area contributed by atoms with Crippen LogP contribution in [-0.4, -0.2) is 37.5 Å². The summed E-state index contributed by atoms with van der Waals surface area (Å²) in [6, 6.07) is 0. The molecule has 0 atom stereocenters. The van der Waals surface area contributed by atoms with Gasteiger partial charge in [-0.2, -0.15) is 0 Å². The molecule has 0 saturated carbocycles. The summed E-state index contributed by atoms with van der Waals surface area (Å²) in [6.07, 6.45) is 2.30. The zero-order valence-corrected chi connectivity index (χ0v) is 7.53. The molecule has 0 N–H and O–H groups in total. The maximum absolute atomic E-state index is 10.9. The molecular weight excluding hydrogens is 158 g/mol. The van der Waals surface area contributed by atoms with Crippen molar-refractivity contribution >= 4 is 11.9 Å². The van der Waals surface area contributed by atoms with Crippen molar-refractivity contribution in [1.82, 2.24) is 4.90 Å². The highest BCUT2D eigenvalue weighted by molar-refractivity contribution is 5.94. The van der Waals surface area contributed by atoms with E-state index in [9.17, 15) is 9.59 Å². The van der Waals surface area contributed by atoms with E-state index >= 15 is 0 Å². The van der Waals surface area contributed by atoms with E-state index in [1.54, 1.807) is 21.0 Å². The molecule has 0 rings (SSSR count). The van der Waals surface area contributed by atoms with Gasteiger partial charge in [0.2, 0.25) is 5.91 Å². The lowest BCUT2D eigenvalue weighted by Crippen LogP contribution is -2.19. The zero-order chi connectivity index (χ0) is 9.56. The quantitative estimate of drug-likeness (QED) is 0.450. The first-order valence-electron chi connectivity index (χ1n) is 3.64. The molecular formula is C8H13NO3. The Hall–Kier alpha value is -1.32. The van der Waals surface area contributed by atoms with E-state index in [2.05, 4.69) is 4.74 Å². The normalized spacial score (nSPS) is 9.92. The molecule has 68 valence electrons. The van der Waals surface area contributed by atoms with Gasteiger partial charge in [0.1, 0.15) is 0 Å². The fourth-order valence-electron chi connectivity index (χ4n) is 0.479. The third kappa shape index (κ3) is 4.49. The molecule has 4 nitrogen and oxygen atoms in total. The minimum atomic E-state index is -0.493. The number of hydrogen-bond donors (Lipinski definition) is 0. The van der Waals surface area contributed by atoms with Crippen molar-refractivity contribution < 1.29 is 14.3 Å². The van der Waals surface area contributed by atoms with Crippen LogP contribution in [0.15, 0.2) is 12.2 Å². The van der Waals surface area contributed by atoms with Crippen LogP contribution < -0.4 is 0 Å². The predicted molar refractivity (Wildman–Crippen MR) is 44.5 cm³/mol. The molecule has 1 amide bonds. The Kier molecular flexibility index (Phi) is 4.76. The summed E-state index contributed by atoms with van der Waals surface area (Å²) in [5.74, 6) is -0.726. The van der Waals surface area contributed by atoms with Crippen molar-refractivity contribution in [3.63, 3.8) is 0 Å². The first-order valence-corrected chi connectivity index (χ1v) is 3.64. The maximum atomic E-state index is 10.9. The van der Waals surface area contributed by atoms with E-state index in [-0.39, 0.29) is 5.91 Å². The Morgan fingerprint density at radius 3 is 2.33 bits per heavy atom. The fraction of sp³-hybridized carbons (Fsp3) is 0.500. The average Bonchev–Trinajstić information content (AvgIpc) is 2.00. The summed E-state index contributed by atoms with van der Waals surface area (Å²) in [5, 5.41) is 0. The number of esters is 1. The summed E-state index contributed by atoms with van der Waals surface area (Å²) in [7, 11) is 3.22. The summed E-state index contributed by atoms with van der Waals surface area (Å²) >= 11 is 0. The van der Waals surface area contributed by atoms with E-state index in [4.69, 9.17) is 0 Å². The number of amides is 1. The minimum absolute atomic E-state index is 0.233. The number of likely N-dealkylation sites (N-methyl/N-ethyl adjacent to an activating group) is 1. The lowest BCUT2D eigenvalue weighted by Gasteiger charge is -2.04. The summed E-state index contributed by atoms with van der Waals surface area (Å²) in [5.41, 5.74) is 0. The van der Waals surface area contributed by atoms with Crippen LogP contribution in [0.25, 0.3) is 0 Å². The van der Waals surface area contributed by atoms with Gasteiger partial charge in [0.05, 0.1) is 6.61 Å². The van der Waals surface area contributed by atoms with Gasteiger partial charge in [0.15, 0.2) is 0 Å². The molecule has 0 radical (unpaired) electrons. The maximum Gasteiger partial charge on any atom is 0.330 e. The van der Waals surface area contributed by atoms with Gasteiger partial charge in [-0.15, -0.1) is 0 Å². The summed E-state index contributed by atoms with van der Waals surface area (Å²) < 4.78 is 4.58. The van der Waals surface area contributed by atoms with Crippen LogP contribution in [0.5, 0.6) is 0 Å². The Morgan fingerprint density at radius 2 is 1.92 bits per heavy atom. The third-order valence-corrected chi connectivity index (χ3v) is 1.09. The van der Waals surface area contributed by atoms with Crippen LogP contribution in [0.3, 0.4) is 0 Å². The van der Waals surface area contributed by atoms with Gasteiger partial charge in [0.25, 0.3) is 0 Å². The number of ether oxygens (including phenoxy) is 1. The second-order valence-corrected chi connectivity index (χ2v) is 2.32.